The molecule has 0 aromatic rings. The standard InChI is InChI=1S/C14H23NO3/c1-10(2)8-13(4-3-5-13)9-15-11(16)14(6-7-14)12(17)18/h10H,3-9H2,1-2H3,(H,15,16)(H,17,18). The van der Waals surface area contributed by atoms with Crippen LogP contribution in [0.1, 0.15) is 52.4 Å². The summed E-state index contributed by atoms with van der Waals surface area (Å²) in [4.78, 5) is 23.0. The number of amides is 1. The van der Waals surface area contributed by atoms with Gasteiger partial charge in [0.25, 0.3) is 0 Å². The molecule has 18 heavy (non-hydrogen) atoms. The number of nitrogens with one attached hydrogen (secondary N) is 1. The molecule has 0 spiro atoms. The van der Waals surface area contributed by atoms with E-state index < -0.39 is 11.4 Å². The summed E-state index contributed by atoms with van der Waals surface area (Å²) in [5, 5.41) is 12.0. The molecule has 0 aromatic heterocycles. The summed E-state index contributed by atoms with van der Waals surface area (Å²) in [6, 6.07) is 0. The van der Waals surface area contributed by atoms with E-state index in [1.807, 2.05) is 0 Å². The summed E-state index contributed by atoms with van der Waals surface area (Å²) in [5.74, 6) is -0.617. The van der Waals surface area contributed by atoms with Crippen molar-refractivity contribution in [2.75, 3.05) is 6.54 Å². The van der Waals surface area contributed by atoms with Crippen molar-refractivity contribution >= 4 is 11.9 Å². The van der Waals surface area contributed by atoms with Gasteiger partial charge in [-0.2, -0.15) is 0 Å². The van der Waals surface area contributed by atoms with Crippen molar-refractivity contribution < 1.29 is 14.7 Å². The molecule has 0 bridgehead atoms. The summed E-state index contributed by atoms with van der Waals surface area (Å²) in [7, 11) is 0. The highest BCUT2D eigenvalue weighted by Gasteiger charge is 2.57. The number of rotatable bonds is 6. The van der Waals surface area contributed by atoms with E-state index in [4.69, 9.17) is 5.11 Å². The van der Waals surface area contributed by atoms with Gasteiger partial charge < -0.3 is 10.4 Å². The lowest BCUT2D eigenvalue weighted by Gasteiger charge is -2.43. The Labute approximate surface area is 108 Å². The average molecular weight is 253 g/mol. The monoisotopic (exact) mass is 253 g/mol. The van der Waals surface area contributed by atoms with Gasteiger partial charge in [0.2, 0.25) is 5.91 Å². The number of carboxylic acids is 1. The molecule has 0 aromatic carbocycles. The molecule has 4 heteroatoms. The van der Waals surface area contributed by atoms with Gasteiger partial charge in [-0.15, -0.1) is 0 Å². The quantitative estimate of drug-likeness (QED) is 0.713. The van der Waals surface area contributed by atoms with Crippen molar-refractivity contribution in [1.29, 1.82) is 0 Å². The highest BCUT2D eigenvalue weighted by molar-refractivity contribution is 6.04. The van der Waals surface area contributed by atoms with Crippen LogP contribution in [0, 0.1) is 16.7 Å². The van der Waals surface area contributed by atoms with Crippen LogP contribution in [0.15, 0.2) is 0 Å². The Morgan fingerprint density at radius 3 is 2.17 bits per heavy atom. The zero-order valence-electron chi connectivity index (χ0n) is 11.3. The van der Waals surface area contributed by atoms with E-state index in [0.29, 0.717) is 25.3 Å². The van der Waals surface area contributed by atoms with Gasteiger partial charge in [0.1, 0.15) is 5.41 Å². The first-order valence-corrected chi connectivity index (χ1v) is 6.92. The molecule has 0 atom stereocenters. The van der Waals surface area contributed by atoms with Gasteiger partial charge >= 0.3 is 5.97 Å². The van der Waals surface area contributed by atoms with Crippen molar-refractivity contribution in [3.8, 4) is 0 Å². The predicted octanol–water partition coefficient (Wildman–Crippen LogP) is 2.18. The summed E-state index contributed by atoms with van der Waals surface area (Å²) < 4.78 is 0. The average Bonchev–Trinajstić information content (AvgIpc) is 3.01. The Morgan fingerprint density at radius 1 is 1.22 bits per heavy atom. The first-order valence-electron chi connectivity index (χ1n) is 6.92. The highest BCUT2D eigenvalue weighted by Crippen LogP contribution is 2.48. The lowest BCUT2D eigenvalue weighted by atomic mass is 9.64. The second-order valence-corrected chi connectivity index (χ2v) is 6.52. The van der Waals surface area contributed by atoms with Gasteiger partial charge in [0, 0.05) is 6.54 Å². The number of carbonyl (C=O) groups excluding carboxylic acids is 1. The Kier molecular flexibility index (Phi) is 3.39. The van der Waals surface area contributed by atoms with Gasteiger partial charge in [-0.05, 0) is 43.4 Å². The molecule has 2 aliphatic carbocycles. The third-order valence-corrected chi connectivity index (χ3v) is 4.47. The van der Waals surface area contributed by atoms with E-state index in [-0.39, 0.29) is 11.3 Å². The van der Waals surface area contributed by atoms with Crippen LogP contribution in [0.5, 0.6) is 0 Å². The minimum atomic E-state index is -1.09. The molecule has 2 fully saturated rings. The van der Waals surface area contributed by atoms with Gasteiger partial charge in [-0.1, -0.05) is 20.3 Å². The molecule has 2 rings (SSSR count). The molecule has 0 saturated heterocycles. The molecule has 0 aliphatic heterocycles. The summed E-state index contributed by atoms with van der Waals surface area (Å²) in [6.45, 7) is 5.04. The maximum absolute atomic E-state index is 11.9. The molecule has 0 heterocycles. The van der Waals surface area contributed by atoms with Crippen LogP contribution < -0.4 is 5.32 Å². The largest absolute Gasteiger partial charge is 0.480 e. The third-order valence-electron chi connectivity index (χ3n) is 4.47. The van der Waals surface area contributed by atoms with Crippen LogP contribution in [0.25, 0.3) is 0 Å². The van der Waals surface area contributed by atoms with Crippen molar-refractivity contribution in [2.24, 2.45) is 16.7 Å². The summed E-state index contributed by atoms with van der Waals surface area (Å²) in [5.41, 5.74) is -0.860. The Bertz CT molecular complexity index is 354. The van der Waals surface area contributed by atoms with Gasteiger partial charge in [0.05, 0.1) is 0 Å². The van der Waals surface area contributed by atoms with Gasteiger partial charge in [-0.25, -0.2) is 0 Å². The van der Waals surface area contributed by atoms with E-state index >= 15 is 0 Å². The van der Waals surface area contributed by atoms with E-state index in [9.17, 15) is 9.59 Å². The molecule has 102 valence electrons. The number of carboxylic acid groups (broad SMARTS) is 1. The van der Waals surface area contributed by atoms with E-state index in [1.165, 1.54) is 6.42 Å². The van der Waals surface area contributed by atoms with E-state index in [2.05, 4.69) is 19.2 Å². The van der Waals surface area contributed by atoms with Crippen LogP contribution in [0.2, 0.25) is 0 Å². The zero-order valence-corrected chi connectivity index (χ0v) is 11.3. The molecule has 0 unspecified atom stereocenters. The lowest BCUT2D eigenvalue weighted by Crippen LogP contribution is -2.46. The number of hydrogen-bond donors (Lipinski definition) is 2. The predicted molar refractivity (Wildman–Crippen MR) is 68.1 cm³/mol. The second kappa shape index (κ2) is 4.56. The van der Waals surface area contributed by atoms with E-state index in [0.717, 1.165) is 19.3 Å². The third kappa shape index (κ3) is 2.38. The number of aliphatic carboxylic acids is 1. The van der Waals surface area contributed by atoms with Crippen molar-refractivity contribution in [3.05, 3.63) is 0 Å². The fourth-order valence-electron chi connectivity index (χ4n) is 3.10. The number of hydrogen-bond acceptors (Lipinski definition) is 2. The fourth-order valence-corrected chi connectivity index (χ4v) is 3.10. The van der Waals surface area contributed by atoms with Crippen LogP contribution in [-0.2, 0) is 9.59 Å². The molecule has 2 saturated carbocycles. The first kappa shape index (κ1) is 13.4. The summed E-state index contributed by atoms with van der Waals surface area (Å²) in [6.07, 6.45) is 5.65. The molecule has 0 radical (unpaired) electrons. The highest BCUT2D eigenvalue weighted by atomic mass is 16.4. The smallest absolute Gasteiger partial charge is 0.319 e. The molecule has 2 aliphatic rings. The Balaban J connectivity index is 1.87. The lowest BCUT2D eigenvalue weighted by molar-refractivity contribution is -0.149. The van der Waals surface area contributed by atoms with Gasteiger partial charge in [-0.3, -0.25) is 9.59 Å². The Hall–Kier alpha value is -1.06. The minimum absolute atomic E-state index is 0.235. The Morgan fingerprint density at radius 2 is 1.83 bits per heavy atom. The minimum Gasteiger partial charge on any atom is -0.480 e. The van der Waals surface area contributed by atoms with Crippen LogP contribution in [-0.4, -0.2) is 23.5 Å². The van der Waals surface area contributed by atoms with Gasteiger partial charge in [0.15, 0.2) is 0 Å². The van der Waals surface area contributed by atoms with Crippen molar-refractivity contribution in [3.63, 3.8) is 0 Å². The van der Waals surface area contributed by atoms with Crippen LogP contribution in [0.4, 0.5) is 0 Å². The first-order chi connectivity index (χ1) is 8.40. The fraction of sp³-hybridized carbons (Fsp3) is 0.857. The van der Waals surface area contributed by atoms with Crippen molar-refractivity contribution in [1.82, 2.24) is 5.32 Å². The maximum atomic E-state index is 11.9. The second-order valence-electron chi connectivity index (χ2n) is 6.52. The molecule has 1 amide bonds. The van der Waals surface area contributed by atoms with E-state index in [1.54, 1.807) is 0 Å². The molecular formula is C14H23NO3. The van der Waals surface area contributed by atoms with Crippen LogP contribution >= 0.6 is 0 Å². The SMILES string of the molecule is CC(C)CC1(CNC(=O)C2(C(=O)O)CC2)CCC1. The molecule has 2 N–H and O–H groups in total. The normalized spacial score (nSPS) is 23.3. The van der Waals surface area contributed by atoms with Crippen LogP contribution in [0.3, 0.4) is 0 Å². The summed E-state index contributed by atoms with van der Waals surface area (Å²) >= 11 is 0. The number of carbonyl (C=O) groups is 2. The topological polar surface area (TPSA) is 66.4 Å². The molecule has 4 nitrogen and oxygen atoms in total. The van der Waals surface area contributed by atoms with Crippen molar-refractivity contribution in [2.45, 2.75) is 52.4 Å². The maximum Gasteiger partial charge on any atom is 0.319 e. The molecular weight excluding hydrogens is 230 g/mol. The zero-order chi connectivity index (χ0) is 13.4.